The summed E-state index contributed by atoms with van der Waals surface area (Å²) in [5.74, 6) is 0.102. The van der Waals surface area contributed by atoms with Crippen LogP contribution in [0.15, 0.2) is 0 Å². The smallest absolute Gasteiger partial charge is 0.254 e. The van der Waals surface area contributed by atoms with Crippen molar-refractivity contribution in [3.05, 3.63) is 0 Å². The van der Waals surface area contributed by atoms with Gasteiger partial charge in [-0.3, -0.25) is 4.79 Å². The zero-order valence-corrected chi connectivity index (χ0v) is 11.2. The van der Waals surface area contributed by atoms with Gasteiger partial charge in [0.05, 0.1) is 19.8 Å². The number of nitrogens with zero attached hydrogens (tertiary/aromatic N) is 1. The fourth-order valence-corrected chi connectivity index (χ4v) is 2.63. The summed E-state index contributed by atoms with van der Waals surface area (Å²) < 4.78 is 10.9. The van der Waals surface area contributed by atoms with E-state index >= 15 is 0 Å². The maximum atomic E-state index is 12.5. The van der Waals surface area contributed by atoms with Crippen molar-refractivity contribution in [1.29, 1.82) is 0 Å². The van der Waals surface area contributed by atoms with Gasteiger partial charge < -0.3 is 19.7 Å². The van der Waals surface area contributed by atoms with Crippen LogP contribution in [0.1, 0.15) is 26.2 Å². The predicted molar refractivity (Wildman–Crippen MR) is 68.5 cm³/mol. The minimum Gasteiger partial charge on any atom is -0.376 e. The largest absolute Gasteiger partial charge is 0.376 e. The Morgan fingerprint density at radius 1 is 1.44 bits per heavy atom. The van der Waals surface area contributed by atoms with E-state index in [0.29, 0.717) is 25.9 Å². The number of piperidine rings is 1. The topological polar surface area (TPSA) is 50.8 Å². The highest BCUT2D eigenvalue weighted by Crippen LogP contribution is 2.15. The molecule has 0 radical (unpaired) electrons. The van der Waals surface area contributed by atoms with Crippen molar-refractivity contribution >= 4 is 5.91 Å². The maximum Gasteiger partial charge on any atom is 0.254 e. The van der Waals surface area contributed by atoms with Crippen LogP contribution in [0, 0.1) is 0 Å². The summed E-state index contributed by atoms with van der Waals surface area (Å²) in [5, 5.41) is 3.37. The number of hydrogen-bond donors (Lipinski definition) is 1. The molecule has 0 spiro atoms. The fraction of sp³-hybridized carbons (Fsp3) is 0.923. The lowest BCUT2D eigenvalue weighted by molar-refractivity contribution is -0.160. The van der Waals surface area contributed by atoms with Crippen molar-refractivity contribution in [2.75, 3.05) is 39.5 Å². The molecule has 5 heteroatoms. The normalized spacial score (nSPS) is 28.9. The van der Waals surface area contributed by atoms with E-state index in [0.717, 1.165) is 38.9 Å². The van der Waals surface area contributed by atoms with Crippen LogP contribution in [-0.4, -0.2) is 62.4 Å². The average molecular weight is 256 g/mol. The van der Waals surface area contributed by atoms with Crippen LogP contribution >= 0.6 is 0 Å². The Kier molecular flexibility index (Phi) is 5.41. The fourth-order valence-electron chi connectivity index (χ4n) is 2.63. The minimum absolute atomic E-state index is 0.102. The van der Waals surface area contributed by atoms with E-state index in [1.54, 1.807) is 0 Å². The van der Waals surface area contributed by atoms with E-state index in [1.165, 1.54) is 0 Å². The second-order valence-corrected chi connectivity index (χ2v) is 4.97. The molecule has 1 amide bonds. The minimum atomic E-state index is -0.396. The predicted octanol–water partition coefficient (Wildman–Crippen LogP) is 0.392. The van der Waals surface area contributed by atoms with E-state index in [4.69, 9.17) is 9.47 Å². The zero-order chi connectivity index (χ0) is 12.8. The Hall–Kier alpha value is -0.650. The number of nitrogens with one attached hydrogen (secondary N) is 1. The summed E-state index contributed by atoms with van der Waals surface area (Å²) in [4.78, 5) is 14.5. The third-order valence-electron chi connectivity index (χ3n) is 3.55. The van der Waals surface area contributed by atoms with E-state index in [1.807, 2.05) is 4.90 Å². The lowest BCUT2D eigenvalue weighted by Gasteiger charge is -2.37. The molecule has 2 rings (SSSR count). The van der Waals surface area contributed by atoms with Crippen LogP contribution in [0.25, 0.3) is 0 Å². The summed E-state index contributed by atoms with van der Waals surface area (Å²) in [5.41, 5.74) is 0. The summed E-state index contributed by atoms with van der Waals surface area (Å²) in [6, 6.07) is 0.316. The van der Waals surface area contributed by atoms with Crippen molar-refractivity contribution in [3.8, 4) is 0 Å². The van der Waals surface area contributed by atoms with Crippen molar-refractivity contribution < 1.29 is 14.3 Å². The number of carbonyl (C=O) groups is 1. The monoisotopic (exact) mass is 256 g/mol. The first kappa shape index (κ1) is 13.8. The number of amides is 1. The summed E-state index contributed by atoms with van der Waals surface area (Å²) in [6.07, 6.45) is 2.81. The summed E-state index contributed by atoms with van der Waals surface area (Å²) >= 11 is 0. The van der Waals surface area contributed by atoms with Crippen molar-refractivity contribution in [1.82, 2.24) is 10.2 Å². The van der Waals surface area contributed by atoms with Crippen LogP contribution < -0.4 is 5.32 Å². The second-order valence-electron chi connectivity index (χ2n) is 4.97. The van der Waals surface area contributed by atoms with Gasteiger partial charge in [0, 0.05) is 19.1 Å². The standard InChI is InChI=1S/C13H24N2O3/c1-2-6-15(11-4-3-5-14-9-11)13(16)12-10-17-7-8-18-12/h11-12,14H,2-10H2,1H3. The Morgan fingerprint density at radius 2 is 2.33 bits per heavy atom. The second kappa shape index (κ2) is 7.07. The highest BCUT2D eigenvalue weighted by Gasteiger charge is 2.31. The molecule has 0 saturated carbocycles. The molecule has 0 aromatic heterocycles. The molecule has 1 N–H and O–H groups in total. The molecule has 104 valence electrons. The molecule has 0 aliphatic carbocycles. The Bertz CT molecular complexity index is 261. The quantitative estimate of drug-likeness (QED) is 0.790. The Labute approximate surface area is 109 Å². The molecule has 2 fully saturated rings. The molecule has 0 aromatic rings. The van der Waals surface area contributed by atoms with E-state index in [9.17, 15) is 4.79 Å². The van der Waals surface area contributed by atoms with Gasteiger partial charge in [0.1, 0.15) is 0 Å². The first-order valence-electron chi connectivity index (χ1n) is 7.03. The summed E-state index contributed by atoms with van der Waals surface area (Å²) in [7, 11) is 0. The van der Waals surface area contributed by atoms with Crippen molar-refractivity contribution in [3.63, 3.8) is 0 Å². The first-order valence-corrected chi connectivity index (χ1v) is 7.03. The van der Waals surface area contributed by atoms with Crippen LogP contribution in [-0.2, 0) is 14.3 Å². The summed E-state index contributed by atoms with van der Waals surface area (Å²) in [6.45, 7) is 6.41. The van der Waals surface area contributed by atoms with Crippen molar-refractivity contribution in [2.45, 2.75) is 38.3 Å². The van der Waals surface area contributed by atoms with Gasteiger partial charge in [-0.25, -0.2) is 0 Å². The molecule has 2 aliphatic heterocycles. The molecule has 0 bridgehead atoms. The molecule has 2 saturated heterocycles. The molecular formula is C13H24N2O3. The van der Waals surface area contributed by atoms with Gasteiger partial charge >= 0.3 is 0 Å². The molecule has 2 heterocycles. The average Bonchev–Trinajstić information content (AvgIpc) is 2.46. The molecule has 5 nitrogen and oxygen atoms in total. The highest BCUT2D eigenvalue weighted by atomic mass is 16.6. The van der Waals surface area contributed by atoms with Gasteiger partial charge in [-0.2, -0.15) is 0 Å². The number of rotatable bonds is 4. The molecule has 2 atom stereocenters. The van der Waals surface area contributed by atoms with Crippen LogP contribution in [0.2, 0.25) is 0 Å². The zero-order valence-electron chi connectivity index (χ0n) is 11.2. The van der Waals surface area contributed by atoms with Gasteiger partial charge in [-0.1, -0.05) is 6.92 Å². The van der Waals surface area contributed by atoms with Crippen LogP contribution in [0.4, 0.5) is 0 Å². The van der Waals surface area contributed by atoms with E-state index in [2.05, 4.69) is 12.2 Å². The van der Waals surface area contributed by atoms with Crippen LogP contribution in [0.5, 0.6) is 0 Å². The SMILES string of the molecule is CCCN(C(=O)C1COCCO1)C1CCCNC1. The highest BCUT2D eigenvalue weighted by molar-refractivity contribution is 5.81. The number of ether oxygens (including phenoxy) is 2. The third-order valence-corrected chi connectivity index (χ3v) is 3.55. The Morgan fingerprint density at radius 3 is 2.94 bits per heavy atom. The van der Waals surface area contributed by atoms with E-state index in [-0.39, 0.29) is 5.91 Å². The van der Waals surface area contributed by atoms with Gasteiger partial charge in [-0.15, -0.1) is 0 Å². The van der Waals surface area contributed by atoms with Gasteiger partial charge in [0.15, 0.2) is 6.10 Å². The van der Waals surface area contributed by atoms with Gasteiger partial charge in [0.25, 0.3) is 5.91 Å². The molecule has 18 heavy (non-hydrogen) atoms. The van der Waals surface area contributed by atoms with Crippen molar-refractivity contribution in [2.24, 2.45) is 0 Å². The lowest BCUT2D eigenvalue weighted by Crippen LogP contribution is -2.54. The van der Waals surface area contributed by atoms with E-state index < -0.39 is 6.10 Å². The lowest BCUT2D eigenvalue weighted by atomic mass is 10.0. The number of hydrogen-bond acceptors (Lipinski definition) is 4. The van der Waals surface area contributed by atoms with Gasteiger partial charge in [0.2, 0.25) is 0 Å². The molecule has 2 aliphatic rings. The Balaban J connectivity index is 1.96. The van der Waals surface area contributed by atoms with Gasteiger partial charge in [-0.05, 0) is 25.8 Å². The number of carbonyl (C=O) groups excluding carboxylic acids is 1. The van der Waals surface area contributed by atoms with Crippen LogP contribution in [0.3, 0.4) is 0 Å². The third kappa shape index (κ3) is 3.43. The first-order chi connectivity index (χ1) is 8.83. The maximum absolute atomic E-state index is 12.5. The molecule has 0 aromatic carbocycles. The molecule has 2 unspecified atom stereocenters. The molecular weight excluding hydrogens is 232 g/mol.